The third kappa shape index (κ3) is 1.44. The van der Waals surface area contributed by atoms with Gasteiger partial charge in [-0.25, -0.2) is 4.98 Å². The van der Waals surface area contributed by atoms with Crippen molar-refractivity contribution in [2.24, 2.45) is 0 Å². The number of hydrogen-bond acceptors (Lipinski definition) is 2. The number of rotatable bonds is 2. The number of fused-ring (bicyclic) bond motifs is 1. The van der Waals surface area contributed by atoms with Crippen molar-refractivity contribution in [3.05, 3.63) is 33.8 Å². The van der Waals surface area contributed by atoms with Crippen LogP contribution in [0.2, 0.25) is 5.15 Å². The number of imidazole rings is 1. The molecule has 0 bridgehead atoms. The topological polar surface area (TPSA) is 34.4 Å². The van der Waals surface area contributed by atoms with Gasteiger partial charge in [-0.1, -0.05) is 17.7 Å². The molecule has 0 aliphatic carbocycles. The Morgan fingerprint density at radius 2 is 2.36 bits per heavy atom. The van der Waals surface area contributed by atoms with E-state index < -0.39 is 0 Å². The molecule has 2 aromatic rings. The molecule has 14 heavy (non-hydrogen) atoms. The van der Waals surface area contributed by atoms with Gasteiger partial charge in [-0.05, 0) is 28.1 Å². The highest BCUT2D eigenvalue weighted by atomic mass is 79.9. The third-order valence-corrected chi connectivity index (χ3v) is 2.78. The van der Waals surface area contributed by atoms with E-state index in [2.05, 4.69) is 20.9 Å². The summed E-state index contributed by atoms with van der Waals surface area (Å²) in [5, 5.41) is 0.553. The molecule has 0 aliphatic rings. The van der Waals surface area contributed by atoms with Crippen LogP contribution in [0.3, 0.4) is 0 Å². The second-order valence-corrected chi connectivity index (χ2v) is 3.90. The summed E-state index contributed by atoms with van der Waals surface area (Å²) in [6, 6.07) is 5.49. The van der Waals surface area contributed by atoms with Crippen LogP contribution in [0.4, 0.5) is 0 Å². The van der Waals surface area contributed by atoms with Crippen LogP contribution >= 0.6 is 27.5 Å². The van der Waals surface area contributed by atoms with Crippen LogP contribution in [0, 0.1) is 0 Å². The van der Waals surface area contributed by atoms with Crippen LogP contribution in [-0.4, -0.2) is 15.7 Å². The van der Waals surface area contributed by atoms with E-state index in [0.717, 1.165) is 11.8 Å². The molecular weight excluding hydrogens is 267 g/mol. The van der Waals surface area contributed by atoms with Gasteiger partial charge in [0.15, 0.2) is 0 Å². The van der Waals surface area contributed by atoms with Gasteiger partial charge in [0.05, 0.1) is 11.9 Å². The van der Waals surface area contributed by atoms with E-state index in [1.807, 2.05) is 12.1 Å². The standard InChI is InChI=1S/C9H6BrClN2O/c10-9-6-2-1-3-7(11)13(6)8(12-9)4-5-14/h1-3,5H,4H2. The summed E-state index contributed by atoms with van der Waals surface area (Å²) in [4.78, 5) is 14.6. The lowest BCUT2D eigenvalue weighted by molar-refractivity contribution is -0.107. The van der Waals surface area contributed by atoms with Crippen molar-refractivity contribution >= 4 is 39.3 Å². The molecule has 72 valence electrons. The molecule has 0 amide bonds. The molecule has 0 spiro atoms. The summed E-state index contributed by atoms with van der Waals surface area (Å²) in [6.45, 7) is 0. The molecule has 0 radical (unpaired) electrons. The van der Waals surface area contributed by atoms with Crippen LogP contribution < -0.4 is 0 Å². The summed E-state index contributed by atoms with van der Waals surface area (Å²) in [5.41, 5.74) is 0.870. The van der Waals surface area contributed by atoms with Crippen molar-refractivity contribution in [2.45, 2.75) is 6.42 Å². The van der Waals surface area contributed by atoms with Crippen molar-refractivity contribution < 1.29 is 4.79 Å². The van der Waals surface area contributed by atoms with Crippen LogP contribution in [-0.2, 0) is 11.2 Å². The molecule has 5 heteroatoms. The van der Waals surface area contributed by atoms with Gasteiger partial charge in [0.2, 0.25) is 0 Å². The summed E-state index contributed by atoms with van der Waals surface area (Å²) < 4.78 is 2.46. The average molecular weight is 274 g/mol. The first-order valence-corrected chi connectivity index (χ1v) is 5.16. The van der Waals surface area contributed by atoms with Gasteiger partial charge < -0.3 is 4.79 Å². The van der Waals surface area contributed by atoms with Crippen molar-refractivity contribution in [2.75, 3.05) is 0 Å². The van der Waals surface area contributed by atoms with Crippen molar-refractivity contribution in [1.29, 1.82) is 0 Å². The first-order valence-electron chi connectivity index (χ1n) is 3.99. The minimum atomic E-state index is 0.260. The van der Waals surface area contributed by atoms with Gasteiger partial charge in [0.1, 0.15) is 21.9 Å². The van der Waals surface area contributed by atoms with E-state index in [9.17, 15) is 4.79 Å². The predicted octanol–water partition coefficient (Wildman–Crippen LogP) is 2.49. The monoisotopic (exact) mass is 272 g/mol. The summed E-state index contributed by atoms with van der Waals surface area (Å²) in [6.07, 6.45) is 1.07. The molecule has 0 saturated heterocycles. The van der Waals surface area contributed by atoms with E-state index in [1.54, 1.807) is 10.5 Å². The largest absolute Gasteiger partial charge is 0.303 e. The lowest BCUT2D eigenvalue weighted by Gasteiger charge is -1.99. The Morgan fingerprint density at radius 3 is 3.07 bits per heavy atom. The minimum Gasteiger partial charge on any atom is -0.303 e. The van der Waals surface area contributed by atoms with Crippen molar-refractivity contribution in [1.82, 2.24) is 9.38 Å². The SMILES string of the molecule is O=CCc1nc(Br)c2cccc(Cl)n12. The average Bonchev–Trinajstić information content (AvgIpc) is 2.46. The molecule has 2 heterocycles. The zero-order chi connectivity index (χ0) is 10.1. The zero-order valence-corrected chi connectivity index (χ0v) is 9.42. The fourth-order valence-corrected chi connectivity index (χ4v) is 2.11. The number of carbonyl (C=O) groups excluding carboxylic acids is 1. The number of carbonyl (C=O) groups is 1. The quantitative estimate of drug-likeness (QED) is 0.622. The van der Waals surface area contributed by atoms with Crippen molar-refractivity contribution in [3.8, 4) is 0 Å². The number of aromatic nitrogens is 2. The maximum atomic E-state index is 10.4. The Morgan fingerprint density at radius 1 is 1.57 bits per heavy atom. The molecular formula is C9H6BrClN2O. The van der Waals surface area contributed by atoms with Gasteiger partial charge in [0, 0.05) is 0 Å². The fraction of sp³-hybridized carbons (Fsp3) is 0.111. The number of hydrogen-bond donors (Lipinski definition) is 0. The van der Waals surface area contributed by atoms with Gasteiger partial charge in [-0.15, -0.1) is 0 Å². The number of halogens is 2. The molecule has 0 aromatic carbocycles. The van der Waals surface area contributed by atoms with Crippen molar-refractivity contribution in [3.63, 3.8) is 0 Å². The molecule has 0 saturated carbocycles. The number of nitrogens with zero attached hydrogens (tertiary/aromatic N) is 2. The summed E-state index contributed by atoms with van der Waals surface area (Å²) >= 11 is 9.31. The Labute approximate surface area is 93.8 Å². The molecule has 0 N–H and O–H groups in total. The highest BCUT2D eigenvalue weighted by Crippen LogP contribution is 2.22. The van der Waals surface area contributed by atoms with Crippen LogP contribution in [0.5, 0.6) is 0 Å². The molecule has 0 aliphatic heterocycles. The first kappa shape index (κ1) is 9.68. The second-order valence-electron chi connectivity index (χ2n) is 2.76. The Bertz CT molecular complexity index is 495. The highest BCUT2D eigenvalue weighted by Gasteiger charge is 2.10. The molecule has 3 nitrogen and oxygen atoms in total. The predicted molar refractivity (Wildman–Crippen MR) is 57.7 cm³/mol. The van der Waals surface area contributed by atoms with E-state index in [0.29, 0.717) is 15.6 Å². The van der Waals surface area contributed by atoms with Gasteiger partial charge >= 0.3 is 0 Å². The second kappa shape index (κ2) is 3.71. The maximum absolute atomic E-state index is 10.4. The fourth-order valence-electron chi connectivity index (χ4n) is 1.34. The Kier molecular flexibility index (Phi) is 2.56. The van der Waals surface area contributed by atoms with E-state index >= 15 is 0 Å². The van der Waals surface area contributed by atoms with Gasteiger partial charge in [-0.2, -0.15) is 0 Å². The summed E-state index contributed by atoms with van der Waals surface area (Å²) in [5.74, 6) is 0.646. The minimum absolute atomic E-state index is 0.260. The molecule has 0 atom stereocenters. The van der Waals surface area contributed by atoms with Crippen LogP contribution in [0.15, 0.2) is 22.8 Å². The summed E-state index contributed by atoms with van der Waals surface area (Å²) in [7, 11) is 0. The van der Waals surface area contributed by atoms with E-state index in [1.165, 1.54) is 0 Å². The van der Waals surface area contributed by atoms with Gasteiger partial charge in [-0.3, -0.25) is 4.40 Å². The molecule has 0 unspecified atom stereocenters. The molecule has 0 fully saturated rings. The van der Waals surface area contributed by atoms with Crippen LogP contribution in [0.25, 0.3) is 5.52 Å². The molecule has 2 aromatic heterocycles. The number of pyridine rings is 1. The smallest absolute Gasteiger partial charge is 0.132 e. The van der Waals surface area contributed by atoms with E-state index in [-0.39, 0.29) is 6.42 Å². The zero-order valence-electron chi connectivity index (χ0n) is 7.08. The normalized spacial score (nSPS) is 10.7. The van der Waals surface area contributed by atoms with E-state index in [4.69, 9.17) is 11.6 Å². The Balaban J connectivity index is 2.78. The first-order chi connectivity index (χ1) is 6.74. The Hall–Kier alpha value is -0.870. The lowest BCUT2D eigenvalue weighted by atomic mass is 10.4. The highest BCUT2D eigenvalue weighted by molar-refractivity contribution is 9.10. The maximum Gasteiger partial charge on any atom is 0.132 e. The lowest BCUT2D eigenvalue weighted by Crippen LogP contribution is -1.96. The third-order valence-electron chi connectivity index (χ3n) is 1.90. The van der Waals surface area contributed by atoms with Gasteiger partial charge in [0.25, 0.3) is 0 Å². The number of aldehydes is 1. The molecule has 2 rings (SSSR count). The van der Waals surface area contributed by atoms with Crippen LogP contribution in [0.1, 0.15) is 5.82 Å².